The second kappa shape index (κ2) is 7.94. The van der Waals surface area contributed by atoms with Crippen LogP contribution in [0.3, 0.4) is 0 Å². The van der Waals surface area contributed by atoms with Crippen LogP contribution in [0.25, 0.3) is 0 Å². The Labute approximate surface area is 178 Å². The van der Waals surface area contributed by atoms with Crippen LogP contribution in [-0.2, 0) is 15.9 Å². The van der Waals surface area contributed by atoms with E-state index in [4.69, 9.17) is 27.9 Å². The van der Waals surface area contributed by atoms with Crippen LogP contribution < -0.4 is 10.1 Å². The third kappa shape index (κ3) is 5.75. The number of halogens is 5. The summed E-state index contributed by atoms with van der Waals surface area (Å²) in [5.74, 6) is -0.466. The van der Waals surface area contributed by atoms with E-state index in [9.17, 15) is 23.1 Å². The predicted octanol–water partition coefficient (Wildman–Crippen LogP) is 4.79. The Morgan fingerprint density at radius 1 is 1.34 bits per heavy atom. The van der Waals surface area contributed by atoms with Crippen molar-refractivity contribution < 1.29 is 27.8 Å². The maximum Gasteiger partial charge on any atom is 0.422 e. The van der Waals surface area contributed by atoms with Crippen molar-refractivity contribution in [2.24, 2.45) is 0 Å². The SMILES string of the molecule is C[C@@](O)(CC(=O)NC1(c2cc(Cl)cc(OCC(F)(F)F)c2)CC1)c1ncc(Cl)s1. The van der Waals surface area contributed by atoms with Crippen LogP contribution in [-0.4, -0.2) is 28.8 Å². The number of amides is 1. The molecule has 0 radical (unpaired) electrons. The molecule has 0 aliphatic heterocycles. The lowest BCUT2D eigenvalue weighted by atomic mass is 10.0. The molecule has 2 aromatic rings. The monoisotopic (exact) mass is 468 g/mol. The quantitative estimate of drug-likeness (QED) is 0.612. The molecule has 0 unspecified atom stereocenters. The third-order valence-electron chi connectivity index (χ3n) is 4.40. The van der Waals surface area contributed by atoms with Gasteiger partial charge in [0.25, 0.3) is 0 Å². The summed E-state index contributed by atoms with van der Waals surface area (Å²) in [6.07, 6.45) is -2.16. The highest BCUT2D eigenvalue weighted by atomic mass is 35.5. The first-order valence-corrected chi connectivity index (χ1v) is 10.1. The Bertz CT molecular complexity index is 914. The molecule has 1 saturated carbocycles. The van der Waals surface area contributed by atoms with Gasteiger partial charge in [-0.2, -0.15) is 13.2 Å². The fraction of sp³-hybridized carbons (Fsp3) is 0.444. The fourth-order valence-electron chi connectivity index (χ4n) is 2.90. The Kier molecular flexibility index (Phi) is 6.06. The summed E-state index contributed by atoms with van der Waals surface area (Å²) in [5, 5.41) is 13.9. The molecule has 1 aromatic carbocycles. The zero-order valence-corrected chi connectivity index (χ0v) is 17.5. The number of ether oxygens (including phenoxy) is 1. The molecular weight excluding hydrogens is 452 g/mol. The van der Waals surface area contributed by atoms with Gasteiger partial charge in [-0.1, -0.05) is 23.2 Å². The second-order valence-corrected chi connectivity index (χ2v) is 9.23. The minimum atomic E-state index is -4.47. The smallest absolute Gasteiger partial charge is 0.422 e. The number of nitrogens with zero attached hydrogens (tertiary/aromatic N) is 1. The Morgan fingerprint density at radius 3 is 2.59 bits per heavy atom. The van der Waals surface area contributed by atoms with Crippen molar-refractivity contribution in [3.8, 4) is 5.75 Å². The lowest BCUT2D eigenvalue weighted by molar-refractivity contribution is -0.153. The van der Waals surface area contributed by atoms with Crippen LogP contribution in [0.4, 0.5) is 13.2 Å². The molecule has 1 amide bonds. The molecule has 1 aliphatic rings. The number of rotatable bonds is 7. The highest BCUT2D eigenvalue weighted by Crippen LogP contribution is 2.47. The summed E-state index contributed by atoms with van der Waals surface area (Å²) in [4.78, 5) is 16.6. The van der Waals surface area contributed by atoms with Gasteiger partial charge in [-0.25, -0.2) is 4.98 Å². The van der Waals surface area contributed by atoms with Crippen LogP contribution in [0.2, 0.25) is 9.36 Å². The summed E-state index contributed by atoms with van der Waals surface area (Å²) in [5.41, 5.74) is -1.71. The van der Waals surface area contributed by atoms with Crippen LogP contribution in [0.5, 0.6) is 5.75 Å². The van der Waals surface area contributed by atoms with Crippen molar-refractivity contribution >= 4 is 40.4 Å². The zero-order chi connectivity index (χ0) is 21.4. The average Bonchev–Trinajstić information content (AvgIpc) is 3.22. The molecular formula is C18H17Cl2F3N2O3S. The summed E-state index contributed by atoms with van der Waals surface area (Å²) in [6, 6.07) is 4.29. The molecule has 0 saturated heterocycles. The minimum absolute atomic E-state index is 0.0326. The van der Waals surface area contributed by atoms with Gasteiger partial charge >= 0.3 is 6.18 Å². The van der Waals surface area contributed by atoms with Crippen molar-refractivity contribution in [3.63, 3.8) is 0 Å². The second-order valence-electron chi connectivity index (χ2n) is 7.13. The predicted molar refractivity (Wildman–Crippen MR) is 103 cm³/mol. The lowest BCUT2D eigenvalue weighted by Crippen LogP contribution is -2.39. The molecule has 11 heteroatoms. The molecule has 0 spiro atoms. The number of nitrogens with one attached hydrogen (secondary N) is 1. The van der Waals surface area contributed by atoms with Crippen LogP contribution in [0.15, 0.2) is 24.4 Å². The van der Waals surface area contributed by atoms with Crippen molar-refractivity contribution in [3.05, 3.63) is 44.3 Å². The van der Waals surface area contributed by atoms with E-state index in [-0.39, 0.29) is 17.2 Å². The standard InChI is InChI=1S/C18H17Cl2F3N2O3S/c1-16(27,15-24-8-13(20)29-15)7-14(26)25-17(2-3-17)10-4-11(19)6-12(5-10)28-9-18(21,22)23/h4-6,8,27H,2-3,7,9H2,1H3,(H,25,26)/t16-/m1/s1. The molecule has 3 rings (SSSR count). The van der Waals surface area contributed by atoms with E-state index in [2.05, 4.69) is 10.3 Å². The lowest BCUT2D eigenvalue weighted by Gasteiger charge is -2.24. The summed E-state index contributed by atoms with van der Waals surface area (Å²) in [6.45, 7) is 0.0230. The van der Waals surface area contributed by atoms with Gasteiger partial charge in [0.15, 0.2) is 6.61 Å². The molecule has 1 heterocycles. The fourth-order valence-corrected chi connectivity index (χ4v) is 4.08. The molecule has 1 aromatic heterocycles. The van der Waals surface area contributed by atoms with E-state index in [1.54, 1.807) is 6.07 Å². The van der Waals surface area contributed by atoms with E-state index in [1.165, 1.54) is 25.3 Å². The first-order valence-electron chi connectivity index (χ1n) is 8.54. The van der Waals surface area contributed by atoms with Crippen molar-refractivity contribution in [2.75, 3.05) is 6.61 Å². The molecule has 1 aliphatic carbocycles. The largest absolute Gasteiger partial charge is 0.484 e. The van der Waals surface area contributed by atoms with Gasteiger partial charge in [-0.3, -0.25) is 4.79 Å². The highest BCUT2D eigenvalue weighted by Gasteiger charge is 2.47. The molecule has 5 nitrogen and oxygen atoms in total. The molecule has 2 N–H and O–H groups in total. The minimum Gasteiger partial charge on any atom is -0.484 e. The third-order valence-corrected chi connectivity index (χ3v) is 5.98. The van der Waals surface area contributed by atoms with E-state index < -0.39 is 29.8 Å². The van der Waals surface area contributed by atoms with Gasteiger partial charge in [0.1, 0.15) is 20.7 Å². The van der Waals surface area contributed by atoms with Gasteiger partial charge in [0, 0.05) is 5.02 Å². The summed E-state index contributed by atoms with van der Waals surface area (Å²) >= 11 is 12.9. The Balaban J connectivity index is 1.71. The number of hydrogen-bond donors (Lipinski definition) is 2. The Morgan fingerprint density at radius 2 is 2.03 bits per heavy atom. The topological polar surface area (TPSA) is 71.5 Å². The van der Waals surface area contributed by atoms with Crippen molar-refractivity contribution in [1.29, 1.82) is 0 Å². The van der Waals surface area contributed by atoms with Gasteiger partial charge in [0.2, 0.25) is 5.91 Å². The van der Waals surface area contributed by atoms with Crippen LogP contribution in [0, 0.1) is 0 Å². The summed E-state index contributed by atoms with van der Waals surface area (Å²) in [7, 11) is 0. The van der Waals surface area contributed by atoms with Gasteiger partial charge < -0.3 is 15.2 Å². The van der Waals surface area contributed by atoms with Crippen molar-refractivity contribution in [2.45, 2.75) is 43.5 Å². The Hall–Kier alpha value is -1.55. The molecule has 29 heavy (non-hydrogen) atoms. The molecule has 0 bridgehead atoms. The molecule has 1 atom stereocenters. The summed E-state index contributed by atoms with van der Waals surface area (Å²) < 4.78 is 42.4. The number of aliphatic hydroxyl groups is 1. The number of aromatic nitrogens is 1. The number of hydrogen-bond acceptors (Lipinski definition) is 5. The molecule has 1 fully saturated rings. The van der Waals surface area contributed by atoms with Gasteiger partial charge in [-0.05, 0) is 43.5 Å². The maximum absolute atomic E-state index is 12.6. The van der Waals surface area contributed by atoms with E-state index in [0.717, 1.165) is 11.3 Å². The first kappa shape index (κ1) is 22.1. The van der Waals surface area contributed by atoms with Gasteiger partial charge in [-0.15, -0.1) is 11.3 Å². The number of benzene rings is 1. The average molecular weight is 469 g/mol. The normalized spacial score (nSPS) is 17.5. The van der Waals surface area contributed by atoms with E-state index in [1.807, 2.05) is 0 Å². The number of alkyl halides is 3. The van der Waals surface area contributed by atoms with E-state index >= 15 is 0 Å². The first-order chi connectivity index (χ1) is 13.4. The van der Waals surface area contributed by atoms with Crippen LogP contribution >= 0.6 is 34.5 Å². The van der Waals surface area contributed by atoms with Gasteiger partial charge in [0.05, 0.1) is 18.2 Å². The maximum atomic E-state index is 12.6. The highest BCUT2D eigenvalue weighted by molar-refractivity contribution is 7.15. The number of carbonyl (C=O) groups excluding carboxylic acids is 1. The van der Waals surface area contributed by atoms with Crippen LogP contribution in [0.1, 0.15) is 36.8 Å². The molecule has 158 valence electrons. The zero-order valence-electron chi connectivity index (χ0n) is 15.1. The number of thiazole rings is 1. The van der Waals surface area contributed by atoms with E-state index in [0.29, 0.717) is 27.7 Å². The van der Waals surface area contributed by atoms with Crippen molar-refractivity contribution in [1.82, 2.24) is 10.3 Å². The number of carbonyl (C=O) groups is 1.